The number of imide groups is 1. The molecule has 2 amide bonds. The Balaban J connectivity index is 2.03. The maximum Gasteiger partial charge on any atom is 0.266 e. The minimum absolute atomic E-state index is 0.304. The van der Waals surface area contributed by atoms with Gasteiger partial charge in [-0.3, -0.25) is 9.59 Å². The Hall–Kier alpha value is -3.45. The van der Waals surface area contributed by atoms with Gasteiger partial charge in [-0.2, -0.15) is 5.26 Å². The lowest BCUT2D eigenvalue weighted by Crippen LogP contribution is -2.30. The number of anilines is 1. The highest BCUT2D eigenvalue weighted by molar-refractivity contribution is 6.36. The van der Waals surface area contributed by atoms with E-state index < -0.39 is 11.8 Å². The molecule has 1 aliphatic rings. The van der Waals surface area contributed by atoms with Crippen LogP contribution in [-0.2, 0) is 0 Å². The van der Waals surface area contributed by atoms with Gasteiger partial charge in [0.25, 0.3) is 11.8 Å². The van der Waals surface area contributed by atoms with Crippen molar-refractivity contribution in [3.05, 3.63) is 77.4 Å². The quantitative estimate of drug-likeness (QED) is 0.646. The van der Waals surface area contributed by atoms with E-state index in [2.05, 4.69) is 6.07 Å². The number of amides is 2. The van der Waals surface area contributed by atoms with Crippen LogP contribution in [0.1, 0.15) is 26.3 Å². The van der Waals surface area contributed by atoms with Gasteiger partial charge in [-0.15, -0.1) is 0 Å². The van der Waals surface area contributed by atoms with Crippen LogP contribution in [0.25, 0.3) is 10.8 Å². The highest BCUT2D eigenvalue weighted by atomic mass is 16.2. The molecule has 0 fully saturated rings. The summed E-state index contributed by atoms with van der Waals surface area (Å²) in [5, 5.41) is 11.0. The summed E-state index contributed by atoms with van der Waals surface area (Å²) in [5.74, 6) is -0.781. The number of hydrogen-bond acceptors (Lipinski definition) is 3. The minimum Gasteiger partial charge on any atom is -0.268 e. The smallest absolute Gasteiger partial charge is 0.266 e. The van der Waals surface area contributed by atoms with Gasteiger partial charge in [0.15, 0.2) is 0 Å². The van der Waals surface area contributed by atoms with E-state index in [9.17, 15) is 14.9 Å². The van der Waals surface area contributed by atoms with Crippen LogP contribution in [-0.4, -0.2) is 11.8 Å². The lowest BCUT2D eigenvalue weighted by Gasteiger charge is -2.18. The number of nitriles is 1. The normalized spacial score (nSPS) is 13.3. The number of carbonyl (C=O) groups excluding carboxylic acids is 2. The fourth-order valence-corrected chi connectivity index (χ4v) is 2.98. The van der Waals surface area contributed by atoms with Gasteiger partial charge in [-0.1, -0.05) is 42.5 Å². The van der Waals surface area contributed by atoms with Crippen molar-refractivity contribution in [3.63, 3.8) is 0 Å². The zero-order chi connectivity index (χ0) is 16.0. The lowest BCUT2D eigenvalue weighted by atomic mass is 10.0. The molecule has 3 aromatic rings. The molecule has 0 radical (unpaired) electrons. The first-order valence-electron chi connectivity index (χ1n) is 7.12. The molecule has 0 aliphatic carbocycles. The zero-order valence-electron chi connectivity index (χ0n) is 12.0. The van der Waals surface area contributed by atoms with Crippen molar-refractivity contribution in [2.24, 2.45) is 0 Å². The number of benzene rings is 3. The second-order valence-corrected chi connectivity index (χ2v) is 5.29. The number of fused-ring (bicyclic) bond motifs is 2. The van der Waals surface area contributed by atoms with Gasteiger partial charge in [0.05, 0.1) is 22.4 Å². The van der Waals surface area contributed by atoms with Crippen molar-refractivity contribution in [3.8, 4) is 6.07 Å². The largest absolute Gasteiger partial charge is 0.268 e. The third-order valence-electron chi connectivity index (χ3n) is 4.04. The summed E-state index contributed by atoms with van der Waals surface area (Å²) < 4.78 is 0. The average molecular weight is 298 g/mol. The summed E-state index contributed by atoms with van der Waals surface area (Å²) in [6.07, 6.45) is 0. The number of carbonyl (C=O) groups is 2. The molecule has 0 atom stereocenters. The molecule has 4 rings (SSSR count). The standard InChI is InChI=1S/C19H10N2O2/c20-11-13-10-9-12-5-1-2-6-14(12)17(13)21-18(22)15-7-3-4-8-16(15)19(21)23/h1-10H. The van der Waals surface area contributed by atoms with E-state index in [-0.39, 0.29) is 0 Å². The fourth-order valence-electron chi connectivity index (χ4n) is 2.98. The van der Waals surface area contributed by atoms with Crippen molar-refractivity contribution in [2.45, 2.75) is 0 Å². The molecular formula is C19H10N2O2. The van der Waals surface area contributed by atoms with Gasteiger partial charge in [0.2, 0.25) is 0 Å². The van der Waals surface area contributed by atoms with E-state index in [1.807, 2.05) is 30.3 Å². The van der Waals surface area contributed by atoms with E-state index in [1.165, 1.54) is 0 Å². The van der Waals surface area contributed by atoms with E-state index in [4.69, 9.17) is 0 Å². The molecule has 0 aromatic heterocycles. The van der Waals surface area contributed by atoms with Gasteiger partial charge < -0.3 is 0 Å². The third kappa shape index (κ3) is 1.77. The molecule has 23 heavy (non-hydrogen) atoms. The van der Waals surface area contributed by atoms with Crippen LogP contribution in [0.5, 0.6) is 0 Å². The van der Waals surface area contributed by atoms with Crippen molar-refractivity contribution < 1.29 is 9.59 Å². The third-order valence-corrected chi connectivity index (χ3v) is 4.04. The molecule has 3 aromatic carbocycles. The Bertz CT molecular complexity index is 996. The van der Waals surface area contributed by atoms with Crippen LogP contribution in [0.3, 0.4) is 0 Å². The Morgan fingerprint density at radius 3 is 2.04 bits per heavy atom. The number of nitrogens with zero attached hydrogens (tertiary/aromatic N) is 2. The second kappa shape index (κ2) is 4.79. The Morgan fingerprint density at radius 2 is 1.39 bits per heavy atom. The maximum absolute atomic E-state index is 12.7. The van der Waals surface area contributed by atoms with Crippen molar-refractivity contribution in [1.29, 1.82) is 5.26 Å². The average Bonchev–Trinajstić information content (AvgIpc) is 2.85. The topological polar surface area (TPSA) is 61.2 Å². The molecule has 0 unspecified atom stereocenters. The van der Waals surface area contributed by atoms with E-state index >= 15 is 0 Å². The van der Waals surface area contributed by atoms with Crippen LogP contribution in [0.15, 0.2) is 60.7 Å². The molecule has 108 valence electrons. The lowest BCUT2D eigenvalue weighted by molar-refractivity contribution is 0.0926. The monoisotopic (exact) mass is 298 g/mol. The van der Waals surface area contributed by atoms with Crippen LogP contribution in [0.2, 0.25) is 0 Å². The van der Waals surface area contributed by atoms with Crippen molar-refractivity contribution >= 4 is 28.3 Å². The molecule has 0 saturated heterocycles. The number of hydrogen-bond donors (Lipinski definition) is 0. The summed E-state index contributed by atoms with van der Waals surface area (Å²) >= 11 is 0. The molecule has 4 heteroatoms. The Morgan fingerprint density at radius 1 is 0.783 bits per heavy atom. The van der Waals surface area contributed by atoms with Gasteiger partial charge in [0.1, 0.15) is 6.07 Å². The highest BCUT2D eigenvalue weighted by Gasteiger charge is 2.38. The number of rotatable bonds is 1. The highest BCUT2D eigenvalue weighted by Crippen LogP contribution is 2.36. The van der Waals surface area contributed by atoms with Gasteiger partial charge in [0, 0.05) is 5.39 Å². The Kier molecular flexibility index (Phi) is 2.75. The fraction of sp³-hybridized carbons (Fsp3) is 0. The molecule has 0 saturated carbocycles. The predicted octanol–water partition coefficient (Wildman–Crippen LogP) is 3.51. The van der Waals surface area contributed by atoms with Gasteiger partial charge in [-0.25, -0.2) is 4.90 Å². The molecule has 0 bridgehead atoms. The first-order chi connectivity index (χ1) is 11.2. The van der Waals surface area contributed by atoms with E-state index in [0.717, 1.165) is 10.3 Å². The molecule has 1 aliphatic heterocycles. The molecular weight excluding hydrogens is 288 g/mol. The van der Waals surface area contributed by atoms with Crippen LogP contribution >= 0.6 is 0 Å². The summed E-state index contributed by atoms with van der Waals surface area (Å²) in [6, 6.07) is 19.7. The van der Waals surface area contributed by atoms with E-state index in [1.54, 1.807) is 30.3 Å². The predicted molar refractivity (Wildman–Crippen MR) is 86.2 cm³/mol. The van der Waals surface area contributed by atoms with Crippen molar-refractivity contribution in [2.75, 3.05) is 4.90 Å². The van der Waals surface area contributed by atoms with Crippen LogP contribution in [0.4, 0.5) is 5.69 Å². The molecule has 1 heterocycles. The van der Waals surface area contributed by atoms with Crippen molar-refractivity contribution in [1.82, 2.24) is 0 Å². The second-order valence-electron chi connectivity index (χ2n) is 5.29. The summed E-state index contributed by atoms with van der Waals surface area (Å²) in [6.45, 7) is 0. The summed E-state index contributed by atoms with van der Waals surface area (Å²) in [5.41, 5.74) is 1.40. The molecule has 0 spiro atoms. The van der Waals surface area contributed by atoms with Crippen LogP contribution < -0.4 is 4.90 Å². The zero-order valence-corrected chi connectivity index (χ0v) is 12.0. The van der Waals surface area contributed by atoms with Crippen LogP contribution in [0, 0.1) is 11.3 Å². The minimum atomic E-state index is -0.390. The summed E-state index contributed by atoms with van der Waals surface area (Å²) in [7, 11) is 0. The van der Waals surface area contributed by atoms with Gasteiger partial charge >= 0.3 is 0 Å². The maximum atomic E-state index is 12.7. The van der Waals surface area contributed by atoms with Gasteiger partial charge in [-0.05, 0) is 23.6 Å². The Labute approximate surface area is 132 Å². The molecule has 4 nitrogen and oxygen atoms in total. The van der Waals surface area contributed by atoms with E-state index in [0.29, 0.717) is 27.8 Å². The first kappa shape index (κ1) is 13.2. The first-order valence-corrected chi connectivity index (χ1v) is 7.12. The SMILES string of the molecule is N#Cc1ccc2ccccc2c1N1C(=O)c2ccccc2C1=O. The summed E-state index contributed by atoms with van der Waals surface area (Å²) in [4.78, 5) is 26.5. The molecule has 0 N–H and O–H groups in total.